The second kappa shape index (κ2) is 6.09. The van der Waals surface area contributed by atoms with Gasteiger partial charge in [-0.1, -0.05) is 84.4 Å². The molecule has 2 atom stereocenters. The molecule has 0 amide bonds. The minimum absolute atomic E-state index is 0.0320. The van der Waals surface area contributed by atoms with E-state index in [1.807, 2.05) is 0 Å². The number of ether oxygens (including phenoxy) is 1. The Morgan fingerprint density at radius 2 is 1.83 bits per heavy atom. The molecule has 0 aromatic heterocycles. The lowest BCUT2D eigenvalue weighted by atomic mass is 9.76. The van der Waals surface area contributed by atoms with Crippen LogP contribution in [0.1, 0.15) is 43.4 Å². The summed E-state index contributed by atoms with van der Waals surface area (Å²) in [4.78, 5) is 0. The Bertz CT molecular complexity index is 1160. The maximum Gasteiger partial charge on any atom is 0.135 e. The number of rotatable bonds is 1. The van der Waals surface area contributed by atoms with Crippen LogP contribution in [0.5, 0.6) is 0 Å². The molecule has 2 aromatic rings. The molecule has 1 heterocycles. The van der Waals surface area contributed by atoms with E-state index >= 15 is 0 Å². The standard InChI is InChI=1S/C27H23BrO/c1-27(2)22-9-4-3-6-21(22)24-23(27)15-14-20-19-8-5-7-18(25(19)29-26(20)24)16-10-12-17(28)13-11-16/h3-4,6-7,9-15,20,26H,5,8H2,1-2H3. The average molecular weight is 443 g/mol. The van der Waals surface area contributed by atoms with E-state index in [9.17, 15) is 0 Å². The number of halogens is 1. The van der Waals surface area contributed by atoms with Crippen molar-refractivity contribution >= 4 is 27.1 Å². The summed E-state index contributed by atoms with van der Waals surface area (Å²) in [5.41, 5.74) is 9.63. The van der Waals surface area contributed by atoms with E-state index in [1.54, 1.807) is 0 Å². The summed E-state index contributed by atoms with van der Waals surface area (Å²) in [5, 5.41) is 0. The van der Waals surface area contributed by atoms with Gasteiger partial charge in [0.15, 0.2) is 0 Å². The summed E-state index contributed by atoms with van der Waals surface area (Å²) in [5.74, 6) is 1.47. The van der Waals surface area contributed by atoms with Gasteiger partial charge in [-0.15, -0.1) is 0 Å². The van der Waals surface area contributed by atoms with E-state index < -0.39 is 0 Å². The average Bonchev–Trinajstić information content (AvgIpc) is 3.22. The molecule has 2 aromatic carbocycles. The number of fused-ring (bicyclic) bond motifs is 5. The van der Waals surface area contributed by atoms with Gasteiger partial charge in [-0.2, -0.15) is 0 Å². The van der Waals surface area contributed by atoms with Gasteiger partial charge < -0.3 is 4.74 Å². The zero-order valence-corrected chi connectivity index (χ0v) is 18.3. The molecule has 6 rings (SSSR count). The van der Waals surface area contributed by atoms with E-state index in [0.717, 1.165) is 23.1 Å². The summed E-state index contributed by atoms with van der Waals surface area (Å²) in [6.07, 6.45) is 9.41. The third-order valence-electron chi connectivity index (χ3n) is 7.04. The van der Waals surface area contributed by atoms with Gasteiger partial charge in [0.05, 0.1) is 0 Å². The Kier molecular flexibility index (Phi) is 3.68. The minimum Gasteiger partial charge on any atom is -0.484 e. The lowest BCUT2D eigenvalue weighted by Crippen LogP contribution is -2.24. The first-order valence-corrected chi connectivity index (χ1v) is 11.2. The zero-order chi connectivity index (χ0) is 19.8. The highest BCUT2D eigenvalue weighted by Gasteiger charge is 2.48. The molecule has 3 aliphatic carbocycles. The van der Waals surface area contributed by atoms with Gasteiger partial charge in [0.25, 0.3) is 0 Å². The van der Waals surface area contributed by atoms with Crippen LogP contribution in [-0.4, -0.2) is 6.10 Å². The molecule has 0 bridgehead atoms. The Balaban J connectivity index is 1.45. The molecular weight excluding hydrogens is 420 g/mol. The van der Waals surface area contributed by atoms with Crippen molar-refractivity contribution in [3.63, 3.8) is 0 Å². The molecule has 2 unspecified atom stereocenters. The van der Waals surface area contributed by atoms with Gasteiger partial charge in [0, 0.05) is 27.0 Å². The fourth-order valence-electron chi connectivity index (χ4n) is 5.62. The second-order valence-corrected chi connectivity index (χ2v) is 9.85. The third kappa shape index (κ3) is 2.39. The smallest absolute Gasteiger partial charge is 0.135 e. The molecule has 4 aliphatic rings. The van der Waals surface area contributed by atoms with E-state index in [1.165, 1.54) is 39.0 Å². The Morgan fingerprint density at radius 1 is 1.03 bits per heavy atom. The van der Waals surface area contributed by atoms with Crippen LogP contribution in [0.3, 0.4) is 0 Å². The van der Waals surface area contributed by atoms with Crippen LogP contribution < -0.4 is 0 Å². The second-order valence-electron chi connectivity index (χ2n) is 8.94. The van der Waals surface area contributed by atoms with Crippen molar-refractivity contribution < 1.29 is 4.74 Å². The maximum absolute atomic E-state index is 6.82. The van der Waals surface area contributed by atoms with Gasteiger partial charge in [0.2, 0.25) is 0 Å². The van der Waals surface area contributed by atoms with Gasteiger partial charge in [0.1, 0.15) is 11.9 Å². The van der Waals surface area contributed by atoms with E-state index in [2.05, 4.69) is 96.5 Å². The highest BCUT2D eigenvalue weighted by Crippen LogP contribution is 2.56. The van der Waals surface area contributed by atoms with Crippen LogP contribution in [0, 0.1) is 5.92 Å². The Hall–Kier alpha value is -2.32. The van der Waals surface area contributed by atoms with Crippen LogP contribution in [0.4, 0.5) is 0 Å². The zero-order valence-electron chi connectivity index (χ0n) is 16.7. The molecule has 0 fully saturated rings. The molecule has 0 saturated heterocycles. The highest BCUT2D eigenvalue weighted by molar-refractivity contribution is 9.10. The van der Waals surface area contributed by atoms with E-state index in [0.29, 0.717) is 5.92 Å². The molecule has 0 radical (unpaired) electrons. The summed E-state index contributed by atoms with van der Waals surface area (Å²) < 4.78 is 7.93. The molecule has 2 heteroatoms. The summed E-state index contributed by atoms with van der Waals surface area (Å²) >= 11 is 3.55. The van der Waals surface area contributed by atoms with Crippen LogP contribution in [0.15, 0.2) is 88.1 Å². The Labute approximate surface area is 180 Å². The van der Waals surface area contributed by atoms with Crippen molar-refractivity contribution in [2.75, 3.05) is 0 Å². The van der Waals surface area contributed by atoms with Gasteiger partial charge >= 0.3 is 0 Å². The van der Waals surface area contributed by atoms with E-state index in [4.69, 9.17) is 4.74 Å². The molecule has 0 spiro atoms. The van der Waals surface area contributed by atoms with Crippen LogP contribution >= 0.6 is 15.9 Å². The van der Waals surface area contributed by atoms with Gasteiger partial charge in [-0.05, 0) is 52.8 Å². The van der Waals surface area contributed by atoms with Crippen molar-refractivity contribution in [2.45, 2.75) is 38.2 Å². The molecule has 0 saturated carbocycles. The summed E-state index contributed by atoms with van der Waals surface area (Å²) in [6.45, 7) is 4.68. The number of hydrogen-bond donors (Lipinski definition) is 0. The molecule has 29 heavy (non-hydrogen) atoms. The van der Waals surface area contributed by atoms with Crippen molar-refractivity contribution in [1.82, 2.24) is 0 Å². The molecule has 0 N–H and O–H groups in total. The first-order valence-electron chi connectivity index (χ1n) is 10.4. The van der Waals surface area contributed by atoms with Crippen molar-refractivity contribution in [1.29, 1.82) is 0 Å². The Morgan fingerprint density at radius 3 is 2.66 bits per heavy atom. The minimum atomic E-state index is 0.0320. The van der Waals surface area contributed by atoms with Gasteiger partial charge in [-0.3, -0.25) is 0 Å². The topological polar surface area (TPSA) is 9.23 Å². The molecule has 1 aliphatic heterocycles. The molecule has 144 valence electrons. The largest absolute Gasteiger partial charge is 0.484 e. The maximum atomic E-state index is 6.82. The number of allylic oxidation sites excluding steroid dienone is 4. The quantitative estimate of drug-likeness (QED) is 0.453. The lowest BCUT2D eigenvalue weighted by molar-refractivity contribution is 0.184. The third-order valence-corrected chi connectivity index (χ3v) is 7.56. The van der Waals surface area contributed by atoms with Crippen molar-refractivity contribution in [2.24, 2.45) is 5.92 Å². The monoisotopic (exact) mass is 442 g/mol. The fraction of sp³-hybridized carbons (Fsp3) is 0.259. The molecular formula is C27H23BrO. The van der Waals surface area contributed by atoms with Crippen LogP contribution in [0.25, 0.3) is 11.1 Å². The first-order chi connectivity index (χ1) is 14.1. The highest BCUT2D eigenvalue weighted by atomic mass is 79.9. The first kappa shape index (κ1) is 17.5. The fourth-order valence-corrected chi connectivity index (χ4v) is 5.88. The predicted octanol–water partition coefficient (Wildman–Crippen LogP) is 7.21. The summed E-state index contributed by atoms with van der Waals surface area (Å²) in [7, 11) is 0. The van der Waals surface area contributed by atoms with Gasteiger partial charge in [-0.25, -0.2) is 0 Å². The SMILES string of the molecule is CC1(C)C2=C(c3ccccc31)C1OC3=C(CCC=C3c3ccc(Br)cc3)C1C=C2. The molecule has 1 nitrogen and oxygen atoms in total. The summed E-state index contributed by atoms with van der Waals surface area (Å²) in [6, 6.07) is 17.5. The number of hydrogen-bond acceptors (Lipinski definition) is 1. The number of benzene rings is 2. The van der Waals surface area contributed by atoms with Crippen LogP contribution in [0.2, 0.25) is 0 Å². The van der Waals surface area contributed by atoms with Crippen LogP contribution in [-0.2, 0) is 10.2 Å². The lowest BCUT2D eigenvalue weighted by Gasteiger charge is -2.28. The normalized spacial score (nSPS) is 25.8. The van der Waals surface area contributed by atoms with Crippen molar-refractivity contribution in [3.8, 4) is 0 Å². The van der Waals surface area contributed by atoms with Crippen molar-refractivity contribution in [3.05, 3.63) is 105 Å². The van der Waals surface area contributed by atoms with E-state index in [-0.39, 0.29) is 11.5 Å². The predicted molar refractivity (Wildman–Crippen MR) is 122 cm³/mol.